The van der Waals surface area contributed by atoms with E-state index in [0.29, 0.717) is 59.5 Å². The van der Waals surface area contributed by atoms with Crippen molar-refractivity contribution in [3.63, 3.8) is 0 Å². The van der Waals surface area contributed by atoms with E-state index in [1.807, 2.05) is 6.08 Å². The minimum absolute atomic E-state index is 0.0316. The van der Waals surface area contributed by atoms with E-state index < -0.39 is 0 Å². The Kier molecular flexibility index (Phi) is 13.2. The Bertz CT molecular complexity index is 379. The Morgan fingerprint density at radius 3 is 1.79 bits per heavy atom. The topological polar surface area (TPSA) is 83.5 Å². The van der Waals surface area contributed by atoms with E-state index in [-0.39, 0.29) is 6.61 Å². The second-order valence-electron chi connectivity index (χ2n) is 5.01. The van der Waals surface area contributed by atoms with Crippen molar-refractivity contribution in [3.05, 3.63) is 23.5 Å². The molecule has 24 heavy (non-hydrogen) atoms. The fourth-order valence-electron chi connectivity index (χ4n) is 1.91. The van der Waals surface area contributed by atoms with Crippen LogP contribution in [0.25, 0.3) is 0 Å². The van der Waals surface area contributed by atoms with Crippen LogP contribution in [0, 0.1) is 0 Å². The molecular formula is C17H28O7. The zero-order chi connectivity index (χ0) is 17.3. The van der Waals surface area contributed by atoms with Gasteiger partial charge in [0.2, 0.25) is 0 Å². The average molecular weight is 344 g/mol. The number of aliphatic hydroxyl groups excluding tert-OH is 1. The minimum Gasteiger partial charge on any atom is -0.496 e. The SMILES string of the molecule is O=CC1=CC=C(OCCOCCOCCOCCOCCO)CC1. The van der Waals surface area contributed by atoms with E-state index >= 15 is 0 Å². The first-order chi connectivity index (χ1) is 11.9. The van der Waals surface area contributed by atoms with Gasteiger partial charge in [-0.05, 0) is 18.1 Å². The average Bonchev–Trinajstić information content (AvgIpc) is 2.62. The summed E-state index contributed by atoms with van der Waals surface area (Å²) in [6.07, 6.45) is 6.01. The van der Waals surface area contributed by atoms with Crippen LogP contribution in [0.15, 0.2) is 23.5 Å². The number of hydrogen-bond donors (Lipinski definition) is 1. The van der Waals surface area contributed by atoms with Crippen molar-refractivity contribution in [1.29, 1.82) is 0 Å². The summed E-state index contributed by atoms with van der Waals surface area (Å²) in [7, 11) is 0. The third-order valence-corrected chi connectivity index (χ3v) is 3.16. The normalized spacial score (nSPS) is 14.2. The standard InChI is InChI=1S/C17H28O7/c18-5-6-20-7-8-21-9-10-22-11-12-23-13-14-24-17-3-1-16(15-19)2-4-17/h1,3,15,18H,2,4-14H2. The molecule has 0 aliphatic heterocycles. The van der Waals surface area contributed by atoms with Gasteiger partial charge >= 0.3 is 0 Å². The van der Waals surface area contributed by atoms with Gasteiger partial charge in [0.1, 0.15) is 12.9 Å². The largest absolute Gasteiger partial charge is 0.496 e. The van der Waals surface area contributed by atoms with E-state index in [1.165, 1.54) is 0 Å². The summed E-state index contributed by atoms with van der Waals surface area (Å²) < 4.78 is 26.7. The molecule has 0 radical (unpaired) electrons. The molecule has 0 aromatic heterocycles. The molecule has 0 aromatic carbocycles. The van der Waals surface area contributed by atoms with Gasteiger partial charge in [0.15, 0.2) is 0 Å². The van der Waals surface area contributed by atoms with Gasteiger partial charge in [-0.25, -0.2) is 0 Å². The molecule has 0 atom stereocenters. The molecule has 0 spiro atoms. The lowest BCUT2D eigenvalue weighted by Gasteiger charge is -2.13. The quantitative estimate of drug-likeness (QED) is 0.328. The smallest absolute Gasteiger partial charge is 0.146 e. The highest BCUT2D eigenvalue weighted by atomic mass is 16.6. The fourth-order valence-corrected chi connectivity index (χ4v) is 1.91. The summed E-state index contributed by atoms with van der Waals surface area (Å²) in [5.41, 5.74) is 0.803. The van der Waals surface area contributed by atoms with Gasteiger partial charge in [-0.15, -0.1) is 0 Å². The molecule has 0 fully saturated rings. The summed E-state index contributed by atoms with van der Waals surface area (Å²) in [5.74, 6) is 0.889. The van der Waals surface area contributed by atoms with E-state index in [9.17, 15) is 4.79 Å². The maximum Gasteiger partial charge on any atom is 0.146 e. The van der Waals surface area contributed by atoms with Crippen molar-refractivity contribution in [2.45, 2.75) is 12.8 Å². The van der Waals surface area contributed by atoms with Crippen LogP contribution in [0.1, 0.15) is 12.8 Å². The molecule has 0 aromatic rings. The highest BCUT2D eigenvalue weighted by Gasteiger charge is 2.06. The summed E-state index contributed by atoms with van der Waals surface area (Å²) in [6, 6.07) is 0. The summed E-state index contributed by atoms with van der Waals surface area (Å²) in [6.45, 7) is 4.39. The zero-order valence-electron chi connectivity index (χ0n) is 14.1. The lowest BCUT2D eigenvalue weighted by Crippen LogP contribution is -2.13. The molecule has 138 valence electrons. The van der Waals surface area contributed by atoms with Gasteiger partial charge in [0.25, 0.3) is 0 Å². The maximum absolute atomic E-state index is 10.6. The van der Waals surface area contributed by atoms with Crippen LogP contribution in [0.5, 0.6) is 0 Å². The number of carbonyl (C=O) groups excluding carboxylic acids is 1. The summed E-state index contributed by atoms with van der Waals surface area (Å²) >= 11 is 0. The third-order valence-electron chi connectivity index (χ3n) is 3.16. The Labute approximate surface area is 143 Å². The first-order valence-electron chi connectivity index (χ1n) is 8.26. The zero-order valence-corrected chi connectivity index (χ0v) is 14.1. The van der Waals surface area contributed by atoms with Crippen LogP contribution in [0.4, 0.5) is 0 Å². The van der Waals surface area contributed by atoms with Crippen LogP contribution in [-0.4, -0.2) is 77.5 Å². The van der Waals surface area contributed by atoms with Crippen molar-refractivity contribution in [1.82, 2.24) is 0 Å². The van der Waals surface area contributed by atoms with Gasteiger partial charge in [-0.2, -0.15) is 0 Å². The van der Waals surface area contributed by atoms with Gasteiger partial charge in [-0.1, -0.05) is 6.08 Å². The number of rotatable bonds is 16. The van der Waals surface area contributed by atoms with Crippen LogP contribution >= 0.6 is 0 Å². The lowest BCUT2D eigenvalue weighted by atomic mass is 10.1. The monoisotopic (exact) mass is 344 g/mol. The van der Waals surface area contributed by atoms with Gasteiger partial charge in [-0.3, -0.25) is 4.79 Å². The molecule has 7 heteroatoms. The molecule has 1 aliphatic carbocycles. The van der Waals surface area contributed by atoms with Crippen LogP contribution in [0.2, 0.25) is 0 Å². The highest BCUT2D eigenvalue weighted by molar-refractivity contribution is 5.74. The van der Waals surface area contributed by atoms with Crippen LogP contribution in [0.3, 0.4) is 0 Å². The molecule has 7 nitrogen and oxygen atoms in total. The van der Waals surface area contributed by atoms with Crippen molar-refractivity contribution in [2.75, 3.05) is 66.1 Å². The predicted octanol–water partition coefficient (Wildman–Crippen LogP) is 0.865. The van der Waals surface area contributed by atoms with Gasteiger partial charge in [0.05, 0.1) is 65.2 Å². The first kappa shape index (κ1) is 20.8. The van der Waals surface area contributed by atoms with Crippen molar-refractivity contribution >= 4 is 6.29 Å². The lowest BCUT2D eigenvalue weighted by molar-refractivity contribution is -0.105. The highest BCUT2D eigenvalue weighted by Crippen LogP contribution is 2.17. The Morgan fingerprint density at radius 1 is 0.792 bits per heavy atom. The van der Waals surface area contributed by atoms with E-state index in [4.69, 9.17) is 28.8 Å². The molecule has 1 N–H and O–H groups in total. The van der Waals surface area contributed by atoms with E-state index in [1.54, 1.807) is 6.08 Å². The van der Waals surface area contributed by atoms with Gasteiger partial charge in [0, 0.05) is 6.42 Å². The Morgan fingerprint density at radius 2 is 1.33 bits per heavy atom. The number of carbonyl (C=O) groups is 1. The van der Waals surface area contributed by atoms with E-state index in [2.05, 4.69) is 0 Å². The maximum atomic E-state index is 10.6. The number of aldehydes is 1. The second kappa shape index (κ2) is 15.3. The Hall–Kier alpha value is -1.25. The van der Waals surface area contributed by atoms with Crippen LogP contribution < -0.4 is 0 Å². The first-order valence-corrected chi connectivity index (χ1v) is 8.26. The molecule has 1 aliphatic rings. The third kappa shape index (κ3) is 11.3. The molecule has 0 heterocycles. The molecule has 0 saturated heterocycles. The molecular weight excluding hydrogens is 316 g/mol. The molecule has 0 bridgehead atoms. The molecule has 1 rings (SSSR count). The van der Waals surface area contributed by atoms with Crippen molar-refractivity contribution in [2.24, 2.45) is 0 Å². The van der Waals surface area contributed by atoms with E-state index in [0.717, 1.165) is 30.5 Å². The Balaban J connectivity index is 1.79. The number of aliphatic hydroxyl groups is 1. The summed E-state index contributed by atoms with van der Waals surface area (Å²) in [4.78, 5) is 10.6. The van der Waals surface area contributed by atoms with Gasteiger partial charge < -0.3 is 28.8 Å². The van der Waals surface area contributed by atoms with Crippen molar-refractivity contribution in [3.8, 4) is 0 Å². The predicted molar refractivity (Wildman–Crippen MR) is 87.8 cm³/mol. The summed E-state index contributed by atoms with van der Waals surface area (Å²) in [5, 5.41) is 8.51. The molecule has 0 amide bonds. The van der Waals surface area contributed by atoms with Crippen molar-refractivity contribution < 1.29 is 33.6 Å². The van der Waals surface area contributed by atoms with Crippen LogP contribution in [-0.2, 0) is 28.5 Å². The minimum atomic E-state index is 0.0316. The number of hydrogen-bond acceptors (Lipinski definition) is 7. The fraction of sp³-hybridized carbons (Fsp3) is 0.706. The number of ether oxygens (including phenoxy) is 5. The second-order valence-corrected chi connectivity index (χ2v) is 5.01. The molecule has 0 saturated carbocycles. The molecule has 0 unspecified atom stereocenters. The number of allylic oxidation sites excluding steroid dienone is 4.